The lowest BCUT2D eigenvalue weighted by Crippen LogP contribution is -2.32. The van der Waals surface area contributed by atoms with Crippen molar-refractivity contribution in [1.82, 2.24) is 4.57 Å². The Bertz CT molecular complexity index is 648. The molecule has 0 radical (unpaired) electrons. The molecule has 0 aliphatic carbocycles. The van der Waals surface area contributed by atoms with Crippen LogP contribution in [0.1, 0.15) is 0 Å². The first kappa shape index (κ1) is 13.3. The van der Waals surface area contributed by atoms with Gasteiger partial charge in [0.05, 0.1) is 25.1 Å². The van der Waals surface area contributed by atoms with Crippen LogP contribution in [0.2, 0.25) is 0 Å². The fourth-order valence-corrected chi connectivity index (χ4v) is 2.64. The third-order valence-electron chi connectivity index (χ3n) is 2.48. The molecule has 0 saturated carbocycles. The van der Waals surface area contributed by atoms with Gasteiger partial charge in [-0.05, 0) is 12.1 Å². The summed E-state index contributed by atoms with van der Waals surface area (Å²) in [5, 5.41) is 0.580. The minimum absolute atomic E-state index is 0.242. The molecule has 2 aromatic rings. The van der Waals surface area contributed by atoms with Crippen LogP contribution >= 0.6 is 24.0 Å². The fourth-order valence-electron chi connectivity index (χ4n) is 1.63. The van der Waals surface area contributed by atoms with Crippen LogP contribution in [0, 0.1) is 0 Å². The summed E-state index contributed by atoms with van der Waals surface area (Å²) in [5.41, 5.74) is -0.246. The summed E-state index contributed by atoms with van der Waals surface area (Å²) in [7, 11) is 0. The summed E-state index contributed by atoms with van der Waals surface area (Å²) < 4.78 is 7.19. The van der Waals surface area contributed by atoms with Crippen molar-refractivity contribution in [2.45, 2.75) is 6.54 Å². The molecule has 0 bridgehead atoms. The molecule has 1 heterocycles. The summed E-state index contributed by atoms with van der Waals surface area (Å²) in [4.78, 5) is 23.7. The van der Waals surface area contributed by atoms with Gasteiger partial charge in [-0.1, -0.05) is 23.5 Å². The van der Waals surface area contributed by atoms with Crippen molar-refractivity contribution in [3.63, 3.8) is 0 Å². The number of nitrogens with zero attached hydrogens (tertiary/aromatic N) is 1. The van der Waals surface area contributed by atoms with Crippen molar-refractivity contribution in [2.24, 2.45) is 0 Å². The second-order valence-corrected chi connectivity index (χ2v) is 5.10. The Morgan fingerprint density at radius 1 is 1.22 bits per heavy atom. The average Bonchev–Trinajstić information content (AvgIpc) is 2.38. The van der Waals surface area contributed by atoms with Crippen molar-refractivity contribution < 1.29 is 4.74 Å². The summed E-state index contributed by atoms with van der Waals surface area (Å²) >= 11 is 5.10. The Hall–Kier alpha value is -1.11. The van der Waals surface area contributed by atoms with Gasteiger partial charge in [0.1, 0.15) is 0 Å². The van der Waals surface area contributed by atoms with Crippen LogP contribution in [0.25, 0.3) is 10.1 Å². The molecule has 0 fully saturated rings. The normalized spacial score (nSPS) is 10.9. The van der Waals surface area contributed by atoms with Crippen molar-refractivity contribution in [1.29, 1.82) is 0 Å². The summed E-state index contributed by atoms with van der Waals surface area (Å²) in [6.07, 6.45) is 0. The third kappa shape index (κ3) is 2.82. The Labute approximate surface area is 113 Å². The second-order valence-electron chi connectivity index (χ2n) is 3.66. The van der Waals surface area contributed by atoms with E-state index in [0.29, 0.717) is 24.4 Å². The lowest BCUT2D eigenvalue weighted by atomic mass is 10.3. The zero-order chi connectivity index (χ0) is 13.0. The van der Waals surface area contributed by atoms with Crippen LogP contribution in [0.3, 0.4) is 0 Å². The van der Waals surface area contributed by atoms with E-state index in [9.17, 15) is 9.59 Å². The lowest BCUT2D eigenvalue weighted by Gasteiger charge is -2.05. The van der Waals surface area contributed by atoms with Gasteiger partial charge >= 0.3 is 4.87 Å². The van der Waals surface area contributed by atoms with Crippen molar-refractivity contribution in [3.05, 3.63) is 44.3 Å². The van der Waals surface area contributed by atoms with Crippen molar-refractivity contribution in [2.75, 3.05) is 19.0 Å². The monoisotopic (exact) mass is 283 g/mol. The van der Waals surface area contributed by atoms with Gasteiger partial charge in [0, 0.05) is 10.5 Å². The largest absolute Gasteiger partial charge is 0.379 e. The number of benzene rings is 1. The van der Waals surface area contributed by atoms with E-state index in [4.69, 9.17) is 4.74 Å². The van der Waals surface area contributed by atoms with Gasteiger partial charge < -0.3 is 4.74 Å². The van der Waals surface area contributed by atoms with E-state index in [-0.39, 0.29) is 17.0 Å². The lowest BCUT2D eigenvalue weighted by molar-refractivity contribution is 0.140. The highest BCUT2D eigenvalue weighted by molar-refractivity contribution is 7.80. The molecule has 0 unspecified atom stereocenters. The minimum Gasteiger partial charge on any atom is -0.379 e. The van der Waals surface area contributed by atoms with Gasteiger partial charge in [0.25, 0.3) is 5.56 Å². The van der Waals surface area contributed by atoms with Crippen LogP contribution in [-0.2, 0) is 11.3 Å². The quantitative estimate of drug-likeness (QED) is 0.666. The fraction of sp³-hybridized carbons (Fsp3) is 0.333. The van der Waals surface area contributed by atoms with Crippen molar-refractivity contribution >= 4 is 34.1 Å². The Balaban J connectivity index is 2.33. The highest BCUT2D eigenvalue weighted by Gasteiger charge is 2.07. The third-order valence-corrected chi connectivity index (χ3v) is 3.63. The number of hydrogen-bond donors (Lipinski definition) is 1. The maximum Gasteiger partial charge on any atom is 0.310 e. The number of thiol groups is 1. The number of hydrogen-bond acceptors (Lipinski definition) is 5. The molecule has 0 atom stereocenters. The van der Waals surface area contributed by atoms with Crippen LogP contribution in [0.15, 0.2) is 33.9 Å². The first-order chi connectivity index (χ1) is 8.74. The standard InChI is InChI=1S/C12H13NO3S2/c14-11-9-3-1-2-4-10(9)18-12(15)13(11)5-6-16-7-8-17/h1-4,17H,5-8H2. The molecule has 1 aromatic heterocycles. The molecule has 96 valence electrons. The molecule has 0 aliphatic rings. The molecular formula is C12H13NO3S2. The van der Waals surface area contributed by atoms with E-state index in [0.717, 1.165) is 16.0 Å². The molecule has 4 nitrogen and oxygen atoms in total. The van der Waals surface area contributed by atoms with Crippen molar-refractivity contribution in [3.8, 4) is 0 Å². The van der Waals surface area contributed by atoms with Gasteiger partial charge in [-0.2, -0.15) is 12.6 Å². The van der Waals surface area contributed by atoms with E-state index in [1.54, 1.807) is 18.2 Å². The van der Waals surface area contributed by atoms with Crippen LogP contribution in [-0.4, -0.2) is 23.5 Å². The van der Waals surface area contributed by atoms with E-state index >= 15 is 0 Å². The number of fused-ring (bicyclic) bond motifs is 1. The number of rotatable bonds is 5. The molecule has 0 saturated heterocycles. The van der Waals surface area contributed by atoms with Gasteiger partial charge in [-0.3, -0.25) is 14.2 Å². The predicted octanol–water partition coefficient (Wildman–Crippen LogP) is 1.37. The van der Waals surface area contributed by atoms with E-state index in [2.05, 4.69) is 12.6 Å². The number of aromatic nitrogens is 1. The predicted molar refractivity (Wildman–Crippen MR) is 77.0 cm³/mol. The van der Waals surface area contributed by atoms with Gasteiger partial charge in [0.15, 0.2) is 0 Å². The molecule has 18 heavy (non-hydrogen) atoms. The van der Waals surface area contributed by atoms with E-state index < -0.39 is 0 Å². The van der Waals surface area contributed by atoms with E-state index in [1.165, 1.54) is 4.57 Å². The zero-order valence-electron chi connectivity index (χ0n) is 9.67. The molecule has 1 aromatic carbocycles. The van der Waals surface area contributed by atoms with Gasteiger partial charge in [-0.15, -0.1) is 0 Å². The van der Waals surface area contributed by atoms with Crippen LogP contribution in [0.4, 0.5) is 0 Å². The first-order valence-corrected chi connectivity index (χ1v) is 7.00. The first-order valence-electron chi connectivity index (χ1n) is 5.55. The summed E-state index contributed by atoms with van der Waals surface area (Å²) in [5.74, 6) is 0.624. The topological polar surface area (TPSA) is 48.3 Å². The van der Waals surface area contributed by atoms with E-state index in [1.807, 2.05) is 6.07 Å². The summed E-state index contributed by atoms with van der Waals surface area (Å²) in [6, 6.07) is 7.13. The maximum absolute atomic E-state index is 12.1. The van der Waals surface area contributed by atoms with Gasteiger partial charge in [0.2, 0.25) is 0 Å². The Morgan fingerprint density at radius 2 is 2.00 bits per heavy atom. The SMILES string of the molecule is O=c1sc2ccccc2c(=O)n1CCOCCS. The van der Waals surface area contributed by atoms with Crippen LogP contribution < -0.4 is 10.4 Å². The Morgan fingerprint density at radius 3 is 2.78 bits per heavy atom. The molecule has 6 heteroatoms. The minimum atomic E-state index is -0.246. The highest BCUT2D eigenvalue weighted by Crippen LogP contribution is 2.10. The molecule has 0 spiro atoms. The molecule has 2 rings (SSSR count). The molecule has 0 aliphatic heterocycles. The molecule has 0 amide bonds. The summed E-state index contributed by atoms with van der Waals surface area (Å²) in [6.45, 7) is 1.15. The second kappa shape index (κ2) is 6.17. The number of ether oxygens (including phenoxy) is 1. The smallest absolute Gasteiger partial charge is 0.310 e. The zero-order valence-corrected chi connectivity index (χ0v) is 11.4. The highest BCUT2D eigenvalue weighted by atomic mass is 32.1. The van der Waals surface area contributed by atoms with Crippen LogP contribution in [0.5, 0.6) is 0 Å². The molecular weight excluding hydrogens is 270 g/mol. The Kier molecular flexibility index (Phi) is 4.57. The molecule has 0 N–H and O–H groups in total. The average molecular weight is 283 g/mol. The van der Waals surface area contributed by atoms with Gasteiger partial charge in [-0.25, -0.2) is 0 Å². The maximum atomic E-state index is 12.1.